The molecule has 3 heteroatoms. The molecule has 0 radical (unpaired) electrons. The Labute approximate surface area is 93.0 Å². The SMILES string of the molecule is CC[C@@]1(C)CCN(C(=O)[C@@H](N)C(C)C)C1. The molecule has 3 nitrogen and oxygen atoms in total. The summed E-state index contributed by atoms with van der Waals surface area (Å²) in [4.78, 5) is 13.9. The lowest BCUT2D eigenvalue weighted by Gasteiger charge is -2.26. The first-order valence-electron chi connectivity index (χ1n) is 5.94. The van der Waals surface area contributed by atoms with E-state index in [1.807, 2.05) is 18.7 Å². The molecular formula is C12H24N2O. The Hall–Kier alpha value is -0.570. The quantitative estimate of drug-likeness (QED) is 0.772. The Morgan fingerprint density at radius 3 is 2.53 bits per heavy atom. The highest BCUT2D eigenvalue weighted by molar-refractivity contribution is 5.82. The number of hydrogen-bond donors (Lipinski definition) is 1. The van der Waals surface area contributed by atoms with E-state index in [1.165, 1.54) is 0 Å². The molecule has 1 saturated heterocycles. The monoisotopic (exact) mass is 212 g/mol. The first-order chi connectivity index (χ1) is 6.89. The van der Waals surface area contributed by atoms with Gasteiger partial charge in [0.25, 0.3) is 0 Å². The molecular weight excluding hydrogens is 188 g/mol. The van der Waals surface area contributed by atoms with E-state index in [0.717, 1.165) is 25.9 Å². The van der Waals surface area contributed by atoms with Crippen LogP contribution in [0.25, 0.3) is 0 Å². The molecule has 0 bridgehead atoms. The Bertz CT molecular complexity index is 240. The van der Waals surface area contributed by atoms with Crippen LogP contribution in [-0.2, 0) is 4.79 Å². The molecule has 1 heterocycles. The van der Waals surface area contributed by atoms with Crippen LogP contribution in [0.2, 0.25) is 0 Å². The van der Waals surface area contributed by atoms with Gasteiger partial charge in [0.15, 0.2) is 0 Å². The molecule has 2 atom stereocenters. The molecule has 0 aromatic carbocycles. The van der Waals surface area contributed by atoms with E-state index in [0.29, 0.717) is 5.41 Å². The number of amides is 1. The van der Waals surface area contributed by atoms with Crippen molar-refractivity contribution in [3.05, 3.63) is 0 Å². The second-order valence-electron chi connectivity index (χ2n) is 5.44. The molecule has 2 N–H and O–H groups in total. The van der Waals surface area contributed by atoms with E-state index in [4.69, 9.17) is 5.73 Å². The van der Waals surface area contributed by atoms with Gasteiger partial charge in [0, 0.05) is 13.1 Å². The van der Waals surface area contributed by atoms with Gasteiger partial charge < -0.3 is 10.6 Å². The second-order valence-corrected chi connectivity index (χ2v) is 5.44. The number of likely N-dealkylation sites (tertiary alicyclic amines) is 1. The average Bonchev–Trinajstić information content (AvgIpc) is 2.59. The summed E-state index contributed by atoms with van der Waals surface area (Å²) in [6, 6.07) is -0.329. The predicted octanol–water partition coefficient (Wildman–Crippen LogP) is 1.62. The summed E-state index contributed by atoms with van der Waals surface area (Å²) >= 11 is 0. The van der Waals surface area contributed by atoms with Gasteiger partial charge in [0.2, 0.25) is 5.91 Å². The Morgan fingerprint density at radius 2 is 2.13 bits per heavy atom. The standard InChI is InChI=1S/C12H24N2O/c1-5-12(4)6-7-14(8-12)11(15)10(13)9(2)3/h9-10H,5-8,13H2,1-4H3/t10-,12-/m0/s1. The molecule has 1 fully saturated rings. The van der Waals surface area contributed by atoms with Crippen LogP contribution in [0.1, 0.15) is 40.5 Å². The van der Waals surface area contributed by atoms with E-state index < -0.39 is 0 Å². The highest BCUT2D eigenvalue weighted by Gasteiger charge is 2.36. The smallest absolute Gasteiger partial charge is 0.239 e. The van der Waals surface area contributed by atoms with Crippen LogP contribution >= 0.6 is 0 Å². The maximum atomic E-state index is 12.0. The van der Waals surface area contributed by atoms with E-state index in [2.05, 4.69) is 13.8 Å². The van der Waals surface area contributed by atoms with Gasteiger partial charge in [-0.1, -0.05) is 27.7 Å². The average molecular weight is 212 g/mol. The second kappa shape index (κ2) is 4.52. The molecule has 1 rings (SSSR count). The van der Waals surface area contributed by atoms with Crippen LogP contribution < -0.4 is 5.73 Å². The number of carbonyl (C=O) groups excluding carboxylic acids is 1. The molecule has 0 saturated carbocycles. The predicted molar refractivity (Wildman–Crippen MR) is 62.4 cm³/mol. The van der Waals surface area contributed by atoms with Crippen molar-refractivity contribution in [2.45, 2.75) is 46.6 Å². The molecule has 0 aliphatic carbocycles. The number of carbonyl (C=O) groups is 1. The van der Waals surface area contributed by atoms with Crippen molar-refractivity contribution < 1.29 is 4.79 Å². The van der Waals surface area contributed by atoms with E-state index in [9.17, 15) is 4.79 Å². The van der Waals surface area contributed by atoms with Gasteiger partial charge in [-0.3, -0.25) is 4.79 Å². The molecule has 0 aromatic rings. The van der Waals surface area contributed by atoms with Crippen LogP contribution in [-0.4, -0.2) is 29.9 Å². The molecule has 1 aliphatic heterocycles. The van der Waals surface area contributed by atoms with Crippen LogP contribution in [0.15, 0.2) is 0 Å². The lowest BCUT2D eigenvalue weighted by atomic mass is 9.87. The summed E-state index contributed by atoms with van der Waals surface area (Å²) in [6.07, 6.45) is 2.24. The number of hydrogen-bond acceptors (Lipinski definition) is 2. The van der Waals surface area contributed by atoms with Crippen molar-refractivity contribution >= 4 is 5.91 Å². The maximum Gasteiger partial charge on any atom is 0.239 e. The lowest BCUT2D eigenvalue weighted by Crippen LogP contribution is -2.46. The van der Waals surface area contributed by atoms with Crippen LogP contribution in [0.5, 0.6) is 0 Å². The molecule has 0 unspecified atom stereocenters. The minimum Gasteiger partial charge on any atom is -0.341 e. The van der Waals surface area contributed by atoms with Gasteiger partial charge >= 0.3 is 0 Å². The zero-order valence-electron chi connectivity index (χ0n) is 10.4. The van der Waals surface area contributed by atoms with Crippen molar-refractivity contribution in [1.29, 1.82) is 0 Å². The fourth-order valence-corrected chi connectivity index (χ4v) is 2.00. The highest BCUT2D eigenvalue weighted by atomic mass is 16.2. The summed E-state index contributed by atoms with van der Waals surface area (Å²) in [5, 5.41) is 0. The summed E-state index contributed by atoms with van der Waals surface area (Å²) < 4.78 is 0. The van der Waals surface area contributed by atoms with Gasteiger partial charge in [-0.25, -0.2) is 0 Å². The normalized spacial score (nSPS) is 28.5. The first kappa shape index (κ1) is 12.5. The van der Waals surface area contributed by atoms with Gasteiger partial charge in [-0.05, 0) is 24.2 Å². The minimum atomic E-state index is -0.329. The number of rotatable bonds is 3. The van der Waals surface area contributed by atoms with Gasteiger partial charge in [0.1, 0.15) is 0 Å². The van der Waals surface area contributed by atoms with Crippen LogP contribution in [0.4, 0.5) is 0 Å². The highest BCUT2D eigenvalue weighted by Crippen LogP contribution is 2.33. The van der Waals surface area contributed by atoms with Crippen molar-refractivity contribution in [3.8, 4) is 0 Å². The van der Waals surface area contributed by atoms with Crippen LogP contribution in [0, 0.1) is 11.3 Å². The molecule has 15 heavy (non-hydrogen) atoms. The number of nitrogens with two attached hydrogens (primary N) is 1. The van der Waals surface area contributed by atoms with E-state index in [1.54, 1.807) is 0 Å². The topological polar surface area (TPSA) is 46.3 Å². The molecule has 0 aromatic heterocycles. The summed E-state index contributed by atoms with van der Waals surface area (Å²) in [6.45, 7) is 10.2. The van der Waals surface area contributed by atoms with E-state index in [-0.39, 0.29) is 17.9 Å². The zero-order chi connectivity index (χ0) is 11.6. The molecule has 88 valence electrons. The third-order valence-electron chi connectivity index (χ3n) is 3.73. The number of nitrogens with zero attached hydrogens (tertiary/aromatic N) is 1. The minimum absolute atomic E-state index is 0.127. The summed E-state index contributed by atoms with van der Waals surface area (Å²) in [5.41, 5.74) is 6.19. The summed E-state index contributed by atoms with van der Waals surface area (Å²) in [5.74, 6) is 0.355. The van der Waals surface area contributed by atoms with Gasteiger partial charge in [-0.2, -0.15) is 0 Å². The largest absolute Gasteiger partial charge is 0.341 e. The Morgan fingerprint density at radius 1 is 1.53 bits per heavy atom. The third kappa shape index (κ3) is 2.71. The molecule has 0 spiro atoms. The van der Waals surface area contributed by atoms with Gasteiger partial charge in [-0.15, -0.1) is 0 Å². The van der Waals surface area contributed by atoms with Crippen molar-refractivity contribution in [3.63, 3.8) is 0 Å². The third-order valence-corrected chi connectivity index (χ3v) is 3.73. The van der Waals surface area contributed by atoms with Gasteiger partial charge in [0.05, 0.1) is 6.04 Å². The Kier molecular flexibility index (Phi) is 3.77. The lowest BCUT2D eigenvalue weighted by molar-refractivity contribution is -0.132. The fraction of sp³-hybridized carbons (Fsp3) is 0.917. The molecule has 1 amide bonds. The Balaban J connectivity index is 2.57. The molecule has 1 aliphatic rings. The maximum absolute atomic E-state index is 12.0. The van der Waals surface area contributed by atoms with E-state index >= 15 is 0 Å². The van der Waals surface area contributed by atoms with Crippen LogP contribution in [0.3, 0.4) is 0 Å². The van der Waals surface area contributed by atoms with Crippen molar-refractivity contribution in [1.82, 2.24) is 4.90 Å². The zero-order valence-corrected chi connectivity index (χ0v) is 10.4. The van der Waals surface area contributed by atoms with Crippen molar-refractivity contribution in [2.75, 3.05) is 13.1 Å². The fourth-order valence-electron chi connectivity index (χ4n) is 2.00. The first-order valence-corrected chi connectivity index (χ1v) is 5.94. The summed E-state index contributed by atoms with van der Waals surface area (Å²) in [7, 11) is 0. The van der Waals surface area contributed by atoms with Crippen molar-refractivity contribution in [2.24, 2.45) is 17.1 Å².